The van der Waals surface area contributed by atoms with Gasteiger partial charge in [-0.25, -0.2) is 4.79 Å². The van der Waals surface area contributed by atoms with Crippen molar-refractivity contribution in [3.8, 4) is 11.5 Å². The normalized spacial score (nSPS) is 14.3. The molecule has 1 aliphatic rings. The quantitative estimate of drug-likeness (QED) is 0.356. The Morgan fingerprint density at radius 2 is 1.74 bits per heavy atom. The summed E-state index contributed by atoms with van der Waals surface area (Å²) >= 11 is 6.22. The minimum Gasteiger partial charge on any atom is -0.490 e. The molecule has 5 nitrogen and oxygen atoms in total. The third kappa shape index (κ3) is 4.78. The maximum atomic E-state index is 12.3. The molecule has 156 valence electrons. The summed E-state index contributed by atoms with van der Waals surface area (Å²) in [5.74, 6) is 0.680. The van der Waals surface area contributed by atoms with Crippen LogP contribution >= 0.6 is 11.6 Å². The molecule has 4 rings (SSSR count). The second-order valence-corrected chi connectivity index (χ2v) is 7.17. The van der Waals surface area contributed by atoms with Gasteiger partial charge in [0.2, 0.25) is 0 Å². The molecule has 1 heterocycles. The summed E-state index contributed by atoms with van der Waals surface area (Å²) in [6.45, 7) is 2.69. The van der Waals surface area contributed by atoms with E-state index in [9.17, 15) is 4.79 Å². The van der Waals surface area contributed by atoms with Gasteiger partial charge >= 0.3 is 5.97 Å². The van der Waals surface area contributed by atoms with Crippen LogP contribution < -0.4 is 9.47 Å². The van der Waals surface area contributed by atoms with Crippen LogP contribution in [0.1, 0.15) is 23.6 Å². The molecule has 0 bridgehead atoms. The van der Waals surface area contributed by atoms with Crippen molar-refractivity contribution in [3.63, 3.8) is 0 Å². The monoisotopic (exact) mass is 433 g/mol. The van der Waals surface area contributed by atoms with E-state index in [1.807, 2.05) is 79.7 Å². The Morgan fingerprint density at radius 1 is 0.968 bits per heavy atom. The van der Waals surface area contributed by atoms with E-state index < -0.39 is 5.97 Å². The average Bonchev–Trinajstić information content (AvgIpc) is 3.15. The lowest BCUT2D eigenvalue weighted by Gasteiger charge is -2.13. The van der Waals surface area contributed by atoms with E-state index in [2.05, 4.69) is 5.16 Å². The van der Waals surface area contributed by atoms with Crippen LogP contribution in [0.4, 0.5) is 0 Å². The standard InChI is InChI=1S/C25H20ClNO4/c1-2-29-23-15-17(12-13-22(23)30-16-19-10-6-7-11-21(19)26)14-20-24(27-31-25(20)28)18-8-4-3-5-9-18/h3-15H,2,16H2,1H3/b20-14+. The first kappa shape index (κ1) is 20.7. The van der Waals surface area contributed by atoms with E-state index in [0.717, 1.165) is 16.7 Å². The molecule has 31 heavy (non-hydrogen) atoms. The number of hydrogen-bond acceptors (Lipinski definition) is 5. The maximum absolute atomic E-state index is 12.3. The summed E-state index contributed by atoms with van der Waals surface area (Å²) in [5, 5.41) is 4.59. The smallest absolute Gasteiger partial charge is 0.368 e. The van der Waals surface area contributed by atoms with Crippen LogP contribution in [-0.4, -0.2) is 18.3 Å². The zero-order valence-electron chi connectivity index (χ0n) is 16.9. The first-order valence-electron chi connectivity index (χ1n) is 9.85. The summed E-state index contributed by atoms with van der Waals surface area (Å²) in [4.78, 5) is 17.2. The number of carbonyl (C=O) groups is 1. The highest BCUT2D eigenvalue weighted by molar-refractivity contribution is 6.31. The Labute approximate surface area is 185 Å². The predicted octanol–water partition coefficient (Wildman–Crippen LogP) is 5.66. The lowest BCUT2D eigenvalue weighted by Crippen LogP contribution is -2.06. The van der Waals surface area contributed by atoms with Crippen LogP contribution in [0.15, 0.2) is 83.5 Å². The minimum atomic E-state index is -0.490. The van der Waals surface area contributed by atoms with Crippen molar-refractivity contribution in [2.24, 2.45) is 5.16 Å². The first-order valence-corrected chi connectivity index (χ1v) is 10.2. The van der Waals surface area contributed by atoms with Gasteiger partial charge in [-0.05, 0) is 36.8 Å². The van der Waals surface area contributed by atoms with Crippen LogP contribution in [0, 0.1) is 0 Å². The molecule has 0 fully saturated rings. The van der Waals surface area contributed by atoms with Crippen LogP contribution in [0.3, 0.4) is 0 Å². The van der Waals surface area contributed by atoms with E-state index in [1.165, 1.54) is 0 Å². The van der Waals surface area contributed by atoms with Crippen molar-refractivity contribution in [1.29, 1.82) is 0 Å². The molecule has 6 heteroatoms. The van der Waals surface area contributed by atoms with Crippen molar-refractivity contribution < 1.29 is 19.1 Å². The van der Waals surface area contributed by atoms with Gasteiger partial charge in [-0.15, -0.1) is 0 Å². The second-order valence-electron chi connectivity index (χ2n) is 6.76. The third-order valence-corrected chi connectivity index (χ3v) is 5.03. The number of rotatable bonds is 7. The molecule has 3 aromatic carbocycles. The number of halogens is 1. The van der Waals surface area contributed by atoms with Crippen LogP contribution in [0.25, 0.3) is 6.08 Å². The molecular weight excluding hydrogens is 414 g/mol. The Morgan fingerprint density at radius 3 is 2.52 bits per heavy atom. The maximum Gasteiger partial charge on any atom is 0.368 e. The number of hydrogen-bond donors (Lipinski definition) is 0. The molecule has 3 aromatic rings. The predicted molar refractivity (Wildman–Crippen MR) is 120 cm³/mol. The fourth-order valence-corrected chi connectivity index (χ4v) is 3.34. The van der Waals surface area contributed by atoms with E-state index in [-0.39, 0.29) is 0 Å². The number of oxime groups is 1. The molecule has 0 amide bonds. The highest BCUT2D eigenvalue weighted by atomic mass is 35.5. The molecule has 1 aliphatic heterocycles. The highest BCUT2D eigenvalue weighted by Gasteiger charge is 2.26. The van der Waals surface area contributed by atoms with Gasteiger partial charge in [-0.2, -0.15) is 0 Å². The lowest BCUT2D eigenvalue weighted by molar-refractivity contribution is -0.136. The average molecular weight is 434 g/mol. The molecule has 0 atom stereocenters. The van der Waals surface area contributed by atoms with Gasteiger partial charge < -0.3 is 14.3 Å². The number of carbonyl (C=O) groups excluding carboxylic acids is 1. The zero-order valence-corrected chi connectivity index (χ0v) is 17.6. The van der Waals surface area contributed by atoms with Crippen LogP contribution in [-0.2, 0) is 16.2 Å². The Balaban J connectivity index is 1.60. The Hall–Kier alpha value is -3.57. The second kappa shape index (κ2) is 9.49. The summed E-state index contributed by atoms with van der Waals surface area (Å²) in [6.07, 6.45) is 1.74. The Kier molecular flexibility index (Phi) is 6.34. The summed E-state index contributed by atoms with van der Waals surface area (Å²) < 4.78 is 11.7. The summed E-state index contributed by atoms with van der Waals surface area (Å²) in [5.41, 5.74) is 3.35. The minimum absolute atomic E-state index is 0.317. The van der Waals surface area contributed by atoms with Crippen molar-refractivity contribution >= 4 is 29.4 Å². The molecule has 0 N–H and O–H groups in total. The van der Waals surface area contributed by atoms with Crippen molar-refractivity contribution in [1.82, 2.24) is 0 Å². The van der Waals surface area contributed by atoms with E-state index in [4.69, 9.17) is 25.9 Å². The number of benzene rings is 3. The number of nitrogens with zero attached hydrogens (tertiary/aromatic N) is 1. The van der Waals surface area contributed by atoms with Gasteiger partial charge in [-0.3, -0.25) is 0 Å². The van der Waals surface area contributed by atoms with Crippen molar-refractivity contribution in [3.05, 3.63) is 100 Å². The molecule has 0 saturated carbocycles. The van der Waals surface area contributed by atoms with Gasteiger partial charge in [-0.1, -0.05) is 71.4 Å². The third-order valence-electron chi connectivity index (χ3n) is 4.66. The van der Waals surface area contributed by atoms with Crippen LogP contribution in [0.5, 0.6) is 11.5 Å². The molecule has 0 aliphatic carbocycles. The lowest BCUT2D eigenvalue weighted by atomic mass is 10.0. The van der Waals surface area contributed by atoms with Crippen LogP contribution in [0.2, 0.25) is 5.02 Å². The van der Waals surface area contributed by atoms with Crippen molar-refractivity contribution in [2.45, 2.75) is 13.5 Å². The highest BCUT2D eigenvalue weighted by Crippen LogP contribution is 2.31. The van der Waals surface area contributed by atoms with E-state index >= 15 is 0 Å². The van der Waals surface area contributed by atoms with E-state index in [1.54, 1.807) is 6.08 Å². The molecule has 0 unspecified atom stereocenters. The molecule has 0 aromatic heterocycles. The molecule has 0 radical (unpaired) electrons. The van der Waals surface area contributed by atoms with Gasteiger partial charge in [0.25, 0.3) is 0 Å². The molecular formula is C25H20ClNO4. The molecule has 0 spiro atoms. The zero-order chi connectivity index (χ0) is 21.6. The topological polar surface area (TPSA) is 57.1 Å². The first-order chi connectivity index (χ1) is 15.2. The fourth-order valence-electron chi connectivity index (χ4n) is 3.15. The molecule has 0 saturated heterocycles. The Bertz CT molecular complexity index is 1160. The van der Waals surface area contributed by atoms with Crippen molar-refractivity contribution in [2.75, 3.05) is 6.61 Å². The van der Waals surface area contributed by atoms with Gasteiger partial charge in [0.15, 0.2) is 11.5 Å². The summed E-state index contributed by atoms with van der Waals surface area (Å²) in [6, 6.07) is 22.5. The van der Waals surface area contributed by atoms with Gasteiger partial charge in [0.05, 0.1) is 12.2 Å². The van der Waals surface area contributed by atoms with Gasteiger partial charge in [0.1, 0.15) is 12.3 Å². The van der Waals surface area contributed by atoms with E-state index in [0.29, 0.717) is 41.0 Å². The van der Waals surface area contributed by atoms with Gasteiger partial charge in [0, 0.05) is 16.1 Å². The summed E-state index contributed by atoms with van der Waals surface area (Å²) in [7, 11) is 0. The number of ether oxygens (including phenoxy) is 2. The SMILES string of the molecule is CCOc1cc(/C=C2/C(=O)ON=C2c2ccccc2)ccc1OCc1ccccc1Cl. The fraction of sp³-hybridized carbons (Fsp3) is 0.120. The largest absolute Gasteiger partial charge is 0.490 e.